The molecule has 0 radical (unpaired) electrons. The van der Waals surface area contributed by atoms with Crippen molar-refractivity contribution in [1.29, 1.82) is 0 Å². The van der Waals surface area contributed by atoms with Crippen LogP contribution in [0.2, 0.25) is 0 Å². The molecule has 0 unspecified atom stereocenters. The van der Waals surface area contributed by atoms with E-state index in [4.69, 9.17) is 10.2 Å². The third-order valence-corrected chi connectivity index (χ3v) is 7.98. The van der Waals surface area contributed by atoms with Crippen LogP contribution in [0.4, 0.5) is 0 Å². The average Bonchev–Trinajstić information content (AvgIpc) is 3.47. The molecule has 0 amide bonds. The number of nitrogens with zero attached hydrogens (tertiary/aromatic N) is 4. The van der Waals surface area contributed by atoms with Gasteiger partial charge in [0.2, 0.25) is 5.95 Å². The first-order valence-electron chi connectivity index (χ1n) is 13.9. The highest BCUT2D eigenvalue weighted by Crippen LogP contribution is 2.37. The van der Waals surface area contributed by atoms with Gasteiger partial charge < -0.3 is 0 Å². The molecule has 4 heteroatoms. The van der Waals surface area contributed by atoms with Gasteiger partial charge in [-0.15, -0.1) is 10.2 Å². The summed E-state index contributed by atoms with van der Waals surface area (Å²) in [4.78, 5) is 0. The number of hydrogen-bond donors (Lipinski definition) is 0. The molecule has 0 saturated carbocycles. The van der Waals surface area contributed by atoms with Crippen LogP contribution in [0.3, 0.4) is 0 Å². The fourth-order valence-electron chi connectivity index (χ4n) is 5.75. The molecule has 0 aliphatic heterocycles. The Kier molecular flexibility index (Phi) is 5.82. The number of benzene rings is 2. The summed E-state index contributed by atoms with van der Waals surface area (Å²) in [6, 6.07) is 17.7. The smallest absolute Gasteiger partial charge is 0.241 e. The highest BCUT2D eigenvalue weighted by atomic mass is 15.4. The highest BCUT2D eigenvalue weighted by Gasteiger charge is 2.28. The normalized spacial score (nSPS) is 15.0. The van der Waals surface area contributed by atoms with E-state index in [2.05, 4.69) is 124 Å². The van der Waals surface area contributed by atoms with Gasteiger partial charge in [0, 0.05) is 5.56 Å². The van der Waals surface area contributed by atoms with Gasteiger partial charge in [0.25, 0.3) is 0 Å². The fourth-order valence-corrected chi connectivity index (χ4v) is 5.75. The van der Waals surface area contributed by atoms with Crippen LogP contribution in [0.25, 0.3) is 35.2 Å². The molecule has 4 nitrogen and oxygen atoms in total. The first kappa shape index (κ1) is 24.7. The zero-order valence-corrected chi connectivity index (χ0v) is 23.5. The maximum atomic E-state index is 4.88. The second kappa shape index (κ2) is 8.97. The number of fused-ring (bicyclic) bond motifs is 3. The summed E-state index contributed by atoms with van der Waals surface area (Å²) in [7, 11) is 0. The van der Waals surface area contributed by atoms with Crippen molar-refractivity contribution >= 4 is 12.2 Å². The van der Waals surface area contributed by atoms with Crippen LogP contribution in [0.1, 0.15) is 88.0 Å². The molecule has 2 aromatic carbocycles. The van der Waals surface area contributed by atoms with Crippen LogP contribution in [0.5, 0.6) is 0 Å². The Morgan fingerprint density at radius 3 is 1.61 bits per heavy atom. The summed E-state index contributed by atoms with van der Waals surface area (Å²) < 4.78 is 4.58. The Hall–Kier alpha value is -3.66. The Morgan fingerprint density at radius 1 is 0.605 bits per heavy atom. The fraction of sp³-hybridized carbons (Fsp3) is 0.353. The van der Waals surface area contributed by atoms with Gasteiger partial charge in [0.15, 0.2) is 5.82 Å². The van der Waals surface area contributed by atoms with E-state index in [1.165, 1.54) is 33.6 Å². The van der Waals surface area contributed by atoms with E-state index in [1.807, 2.05) is 0 Å². The van der Waals surface area contributed by atoms with Crippen molar-refractivity contribution in [2.45, 2.75) is 78.1 Å². The van der Waals surface area contributed by atoms with Crippen LogP contribution in [-0.4, -0.2) is 19.3 Å². The van der Waals surface area contributed by atoms with Crippen LogP contribution in [-0.2, 0) is 23.7 Å². The van der Waals surface area contributed by atoms with Crippen molar-refractivity contribution in [2.24, 2.45) is 0 Å². The van der Waals surface area contributed by atoms with Crippen molar-refractivity contribution in [1.82, 2.24) is 19.3 Å². The van der Waals surface area contributed by atoms with E-state index < -0.39 is 0 Å². The summed E-state index contributed by atoms with van der Waals surface area (Å²) >= 11 is 0. The second-order valence-corrected chi connectivity index (χ2v) is 12.7. The van der Waals surface area contributed by atoms with E-state index in [0.717, 1.165) is 48.7 Å². The molecule has 0 atom stereocenters. The Bertz CT molecular complexity index is 1500. The SMILES string of the molecule is CC(C)(C)c1ccc(-c2nnc(-n3c4c(c5c3C=CCC5)CCC=C4)n2-c2ccc(C(C)(C)C)cc2)cc1. The van der Waals surface area contributed by atoms with Crippen molar-refractivity contribution in [3.63, 3.8) is 0 Å². The standard InChI is InChI=1S/C34H38N4/c1-33(2,3)24-17-15-23(16-18-24)31-35-36-32(37(31)26-21-19-25(20-22-26)34(4,5)6)38-29-13-9-7-11-27(29)28-12-8-10-14-30(28)38/h9-10,13-22H,7-8,11-12H2,1-6H3. The monoisotopic (exact) mass is 502 g/mol. The van der Waals surface area contributed by atoms with Gasteiger partial charge >= 0.3 is 0 Å². The van der Waals surface area contributed by atoms with Gasteiger partial charge in [0.1, 0.15) is 0 Å². The molecule has 4 aromatic rings. The van der Waals surface area contributed by atoms with E-state index in [1.54, 1.807) is 0 Å². The van der Waals surface area contributed by atoms with Gasteiger partial charge in [-0.1, -0.05) is 90.1 Å². The molecule has 0 bridgehead atoms. The minimum Gasteiger partial charge on any atom is -0.278 e. The highest BCUT2D eigenvalue weighted by molar-refractivity contribution is 5.70. The molecule has 0 N–H and O–H groups in total. The second-order valence-electron chi connectivity index (χ2n) is 12.7. The van der Waals surface area contributed by atoms with E-state index in [9.17, 15) is 0 Å². The minimum absolute atomic E-state index is 0.0916. The molecule has 0 saturated heterocycles. The molecular weight excluding hydrogens is 464 g/mol. The molecule has 2 aliphatic rings. The Labute approximate surface area is 226 Å². The van der Waals surface area contributed by atoms with Gasteiger partial charge in [0.05, 0.1) is 17.1 Å². The average molecular weight is 503 g/mol. The lowest BCUT2D eigenvalue weighted by Gasteiger charge is -2.21. The predicted molar refractivity (Wildman–Crippen MR) is 158 cm³/mol. The lowest BCUT2D eigenvalue weighted by atomic mass is 9.86. The van der Waals surface area contributed by atoms with E-state index >= 15 is 0 Å². The largest absolute Gasteiger partial charge is 0.278 e. The topological polar surface area (TPSA) is 35.6 Å². The van der Waals surface area contributed by atoms with E-state index in [-0.39, 0.29) is 10.8 Å². The molecule has 38 heavy (non-hydrogen) atoms. The molecule has 6 rings (SSSR count). The van der Waals surface area contributed by atoms with Crippen molar-refractivity contribution in [3.05, 3.63) is 94.3 Å². The maximum absolute atomic E-state index is 4.88. The lowest BCUT2D eigenvalue weighted by Crippen LogP contribution is -2.13. The lowest BCUT2D eigenvalue weighted by molar-refractivity contribution is 0.590. The molecule has 0 fully saturated rings. The molecule has 2 aromatic heterocycles. The van der Waals surface area contributed by atoms with Crippen LogP contribution < -0.4 is 0 Å². The van der Waals surface area contributed by atoms with Crippen LogP contribution in [0.15, 0.2) is 60.7 Å². The van der Waals surface area contributed by atoms with Crippen molar-refractivity contribution in [3.8, 4) is 23.0 Å². The first-order valence-corrected chi connectivity index (χ1v) is 13.9. The molecule has 2 aliphatic carbocycles. The van der Waals surface area contributed by atoms with Gasteiger partial charge in [-0.25, -0.2) is 0 Å². The Morgan fingerprint density at radius 2 is 1.11 bits per heavy atom. The van der Waals surface area contributed by atoms with Gasteiger partial charge in [-0.2, -0.15) is 0 Å². The minimum atomic E-state index is 0.0916. The summed E-state index contributed by atoms with van der Waals surface area (Å²) in [5.41, 5.74) is 10.4. The summed E-state index contributed by atoms with van der Waals surface area (Å²) in [5.74, 6) is 1.71. The third kappa shape index (κ3) is 4.16. The number of hydrogen-bond acceptors (Lipinski definition) is 2. The maximum Gasteiger partial charge on any atom is 0.241 e. The van der Waals surface area contributed by atoms with Crippen LogP contribution >= 0.6 is 0 Å². The Balaban J connectivity index is 1.58. The zero-order valence-electron chi connectivity index (χ0n) is 23.5. The molecule has 194 valence electrons. The first-order chi connectivity index (χ1) is 18.1. The summed E-state index contributed by atoms with van der Waals surface area (Å²) in [5, 5.41) is 9.70. The summed E-state index contributed by atoms with van der Waals surface area (Å²) in [6.45, 7) is 13.5. The zero-order chi connectivity index (χ0) is 26.7. The number of allylic oxidation sites excluding steroid dienone is 2. The third-order valence-electron chi connectivity index (χ3n) is 7.98. The quantitative estimate of drug-likeness (QED) is 0.283. The number of aromatic nitrogens is 4. The van der Waals surface area contributed by atoms with Gasteiger partial charge in [-0.05, 0) is 83.1 Å². The van der Waals surface area contributed by atoms with Gasteiger partial charge in [-0.3, -0.25) is 9.13 Å². The molecule has 0 spiro atoms. The molecular formula is C34H38N4. The molecule has 2 heterocycles. The van der Waals surface area contributed by atoms with Crippen molar-refractivity contribution in [2.75, 3.05) is 0 Å². The van der Waals surface area contributed by atoms with Crippen molar-refractivity contribution < 1.29 is 0 Å². The predicted octanol–water partition coefficient (Wildman–Crippen LogP) is 8.24. The van der Waals surface area contributed by atoms with E-state index in [0.29, 0.717) is 0 Å². The number of rotatable bonds is 3. The summed E-state index contributed by atoms with van der Waals surface area (Å²) in [6.07, 6.45) is 13.5. The van der Waals surface area contributed by atoms with Crippen LogP contribution in [0, 0.1) is 0 Å².